The Labute approximate surface area is 87.9 Å². The molecule has 0 aliphatic rings. The van der Waals surface area contributed by atoms with Gasteiger partial charge in [-0.15, -0.1) is 0 Å². The predicted octanol–water partition coefficient (Wildman–Crippen LogP) is -3.43. The van der Waals surface area contributed by atoms with Crippen molar-refractivity contribution in [3.05, 3.63) is 24.8 Å². The molecule has 0 aliphatic heterocycles. The molecule has 0 amide bonds. The molecule has 0 unspecified atom stereocenters. The lowest BCUT2D eigenvalue weighted by Crippen LogP contribution is -2.61. The molecule has 74 valence electrons. The van der Waals surface area contributed by atoms with Crippen molar-refractivity contribution < 1.29 is 9.13 Å². The molecular weight excluding hydrogens is 191 g/mol. The Balaban J connectivity index is 2.30. The number of aromatic nitrogens is 6. The Morgan fingerprint density at radius 2 is 1.40 bits per heavy atom. The van der Waals surface area contributed by atoms with E-state index in [-0.39, 0.29) is 0 Å². The molecular formula is C8H10BN6+. The summed E-state index contributed by atoms with van der Waals surface area (Å²) in [7, 11) is 5.62. The normalized spacial score (nSPS) is 10.3. The van der Waals surface area contributed by atoms with E-state index in [2.05, 4.69) is 20.4 Å². The summed E-state index contributed by atoms with van der Waals surface area (Å²) in [6.07, 6.45) is 6.92. The van der Waals surface area contributed by atoms with Crippen LogP contribution in [0, 0.1) is 0 Å². The molecule has 2 rings (SSSR count). The Bertz CT molecular complexity index is 431. The van der Waals surface area contributed by atoms with Gasteiger partial charge in [-0.1, -0.05) is 0 Å². The van der Waals surface area contributed by atoms with Crippen LogP contribution >= 0.6 is 0 Å². The summed E-state index contributed by atoms with van der Waals surface area (Å²) in [5.74, 6) is 0. The van der Waals surface area contributed by atoms with Gasteiger partial charge in [-0.25, -0.2) is 0 Å². The van der Waals surface area contributed by atoms with E-state index in [1.54, 1.807) is 12.4 Å². The van der Waals surface area contributed by atoms with E-state index in [0.717, 1.165) is 11.4 Å². The molecule has 6 nitrogen and oxygen atoms in total. The van der Waals surface area contributed by atoms with Crippen molar-refractivity contribution in [1.29, 1.82) is 0 Å². The third-order valence-corrected chi connectivity index (χ3v) is 2.02. The van der Waals surface area contributed by atoms with Crippen molar-refractivity contribution in [2.45, 2.75) is 0 Å². The van der Waals surface area contributed by atoms with Crippen LogP contribution in [-0.4, -0.2) is 27.7 Å². The molecule has 0 bridgehead atoms. The van der Waals surface area contributed by atoms with Gasteiger partial charge in [0, 0.05) is 10.2 Å². The highest BCUT2D eigenvalue weighted by Gasteiger charge is 2.04. The van der Waals surface area contributed by atoms with Crippen molar-refractivity contribution in [1.82, 2.24) is 20.4 Å². The van der Waals surface area contributed by atoms with Gasteiger partial charge in [0.15, 0.2) is 0 Å². The van der Waals surface area contributed by atoms with E-state index in [9.17, 15) is 0 Å². The van der Waals surface area contributed by atoms with E-state index in [0.29, 0.717) is 0 Å². The van der Waals surface area contributed by atoms with Gasteiger partial charge in [-0.05, 0) is 17.5 Å². The van der Waals surface area contributed by atoms with Crippen LogP contribution in [0.3, 0.4) is 0 Å². The lowest BCUT2D eigenvalue weighted by molar-refractivity contribution is -0.661. The van der Waals surface area contributed by atoms with Crippen LogP contribution < -0.4 is 20.6 Å². The molecule has 0 N–H and O–H groups in total. The standard InChI is InChI=1S/C8H10BN6/c1-14-5-3-10-12-7(14)9-8-13-11-4-6-15(8)2/h3-6H,1-2H3/q+1. The number of nitrogens with zero attached hydrogens (tertiary/aromatic N) is 6. The lowest BCUT2D eigenvalue weighted by atomic mass is 9.76. The summed E-state index contributed by atoms with van der Waals surface area (Å²) < 4.78 is 3.73. The summed E-state index contributed by atoms with van der Waals surface area (Å²) in [4.78, 5) is 0. The molecule has 2 radical (unpaired) electrons. The zero-order valence-corrected chi connectivity index (χ0v) is 8.57. The van der Waals surface area contributed by atoms with E-state index in [4.69, 9.17) is 0 Å². The van der Waals surface area contributed by atoms with Crippen LogP contribution in [0.5, 0.6) is 0 Å². The molecule has 7 heteroatoms. The SMILES string of the molecule is C[n+]1ccnnc1[B-]c1nncc[n+]1C. The minimum Gasteiger partial charge on any atom is -0.274 e. The zero-order valence-electron chi connectivity index (χ0n) is 8.57. The van der Waals surface area contributed by atoms with E-state index in [1.807, 2.05) is 42.9 Å². The Hall–Kier alpha value is -1.92. The van der Waals surface area contributed by atoms with E-state index < -0.39 is 0 Å². The minimum atomic E-state index is 0.730. The molecule has 0 aromatic carbocycles. The van der Waals surface area contributed by atoms with Crippen molar-refractivity contribution in [3.63, 3.8) is 0 Å². The first-order valence-corrected chi connectivity index (χ1v) is 4.47. The second-order valence-electron chi connectivity index (χ2n) is 3.11. The van der Waals surface area contributed by atoms with Gasteiger partial charge in [0.1, 0.15) is 24.8 Å². The summed E-state index contributed by atoms with van der Waals surface area (Å²) in [5.41, 5.74) is 1.46. The highest BCUT2D eigenvalue weighted by molar-refractivity contribution is 6.62. The summed E-state index contributed by atoms with van der Waals surface area (Å²) >= 11 is 0. The van der Waals surface area contributed by atoms with Gasteiger partial charge >= 0.3 is 0 Å². The maximum atomic E-state index is 3.99. The zero-order chi connectivity index (χ0) is 10.7. The molecule has 2 aromatic heterocycles. The fourth-order valence-corrected chi connectivity index (χ4v) is 1.12. The molecule has 0 saturated carbocycles. The van der Waals surface area contributed by atoms with Crippen molar-refractivity contribution in [2.75, 3.05) is 0 Å². The Kier molecular flexibility index (Phi) is 2.62. The molecule has 0 saturated heterocycles. The van der Waals surface area contributed by atoms with Gasteiger partial charge in [0.05, 0.1) is 25.5 Å². The number of hydrogen-bond acceptors (Lipinski definition) is 4. The molecule has 0 aliphatic carbocycles. The van der Waals surface area contributed by atoms with Crippen molar-refractivity contribution in [3.8, 4) is 0 Å². The highest BCUT2D eigenvalue weighted by Crippen LogP contribution is 1.62. The topological polar surface area (TPSA) is 59.3 Å². The second kappa shape index (κ2) is 4.08. The van der Waals surface area contributed by atoms with Gasteiger partial charge in [-0.3, -0.25) is 9.13 Å². The average Bonchev–Trinajstić information content (AvgIpc) is 2.24. The van der Waals surface area contributed by atoms with Crippen LogP contribution in [-0.2, 0) is 14.1 Å². The fourth-order valence-electron chi connectivity index (χ4n) is 1.12. The van der Waals surface area contributed by atoms with Gasteiger partial charge in [0.2, 0.25) is 0 Å². The molecule has 0 fully saturated rings. The maximum absolute atomic E-state index is 3.99. The number of aryl methyl sites for hydroxylation is 2. The molecule has 2 aromatic rings. The van der Waals surface area contributed by atoms with Gasteiger partial charge in [-0.2, -0.15) is 0 Å². The largest absolute Gasteiger partial charge is 0.274 e. The van der Waals surface area contributed by atoms with Crippen LogP contribution in [0.2, 0.25) is 0 Å². The van der Waals surface area contributed by atoms with Crippen LogP contribution in [0.25, 0.3) is 0 Å². The second-order valence-corrected chi connectivity index (χ2v) is 3.11. The number of rotatable bonds is 2. The monoisotopic (exact) mass is 201 g/mol. The van der Waals surface area contributed by atoms with Crippen LogP contribution in [0.1, 0.15) is 0 Å². The van der Waals surface area contributed by atoms with Crippen LogP contribution in [0.4, 0.5) is 0 Å². The Morgan fingerprint density at radius 1 is 0.933 bits per heavy atom. The predicted molar refractivity (Wildman–Crippen MR) is 51.4 cm³/mol. The highest BCUT2D eigenvalue weighted by atomic mass is 15.2. The van der Waals surface area contributed by atoms with E-state index >= 15 is 0 Å². The molecule has 2 heterocycles. The van der Waals surface area contributed by atoms with Gasteiger partial charge in [0.25, 0.3) is 0 Å². The van der Waals surface area contributed by atoms with Crippen molar-refractivity contribution in [2.24, 2.45) is 14.1 Å². The third-order valence-electron chi connectivity index (χ3n) is 2.02. The van der Waals surface area contributed by atoms with Gasteiger partial charge < -0.3 is 0 Å². The molecule has 15 heavy (non-hydrogen) atoms. The smallest absolute Gasteiger partial charge is 0.114 e. The van der Waals surface area contributed by atoms with Crippen LogP contribution in [0.15, 0.2) is 24.8 Å². The molecule has 0 spiro atoms. The minimum absolute atomic E-state index is 0.730. The van der Waals surface area contributed by atoms with E-state index in [1.165, 1.54) is 0 Å². The lowest BCUT2D eigenvalue weighted by Gasteiger charge is -2.05. The third kappa shape index (κ3) is 2.12. The molecule has 0 atom stereocenters. The van der Waals surface area contributed by atoms with Crippen molar-refractivity contribution >= 4 is 18.7 Å². The number of hydrogen-bond donors (Lipinski definition) is 0. The fraction of sp³-hybridized carbons (Fsp3) is 0.250. The first kappa shape index (κ1) is 9.63. The summed E-state index contributed by atoms with van der Waals surface area (Å²) in [6, 6.07) is 0. The average molecular weight is 201 g/mol. The summed E-state index contributed by atoms with van der Waals surface area (Å²) in [6.45, 7) is 0. The maximum Gasteiger partial charge on any atom is 0.114 e. The summed E-state index contributed by atoms with van der Waals surface area (Å²) in [5, 5.41) is 15.6. The first-order chi connectivity index (χ1) is 7.27. The Morgan fingerprint density at radius 3 is 1.80 bits per heavy atom. The first-order valence-electron chi connectivity index (χ1n) is 4.47. The quantitative estimate of drug-likeness (QED) is 0.375.